The molecule has 10 nitrogen and oxygen atoms in total. The summed E-state index contributed by atoms with van der Waals surface area (Å²) in [6, 6.07) is 2.48. The monoisotopic (exact) mass is 382 g/mol. The van der Waals surface area contributed by atoms with Crippen molar-refractivity contribution >= 4 is 5.95 Å². The number of ether oxygens (including phenoxy) is 2. The average molecular weight is 382 g/mol. The first-order chi connectivity index (χ1) is 13.7. The number of hydrogen-bond acceptors (Lipinski definition) is 9. The Hall–Kier alpha value is -3.30. The lowest BCUT2D eigenvalue weighted by atomic mass is 9.94. The van der Waals surface area contributed by atoms with Gasteiger partial charge in [-0.3, -0.25) is 0 Å². The van der Waals surface area contributed by atoms with Gasteiger partial charge in [-0.15, -0.1) is 4.98 Å². The molecule has 1 unspecified atom stereocenters. The molecule has 1 fully saturated rings. The van der Waals surface area contributed by atoms with Crippen molar-refractivity contribution in [3.63, 3.8) is 0 Å². The molecule has 3 aromatic heterocycles. The highest BCUT2D eigenvalue weighted by Gasteiger charge is 2.26. The van der Waals surface area contributed by atoms with E-state index >= 15 is 0 Å². The van der Waals surface area contributed by atoms with Crippen LogP contribution in [0.25, 0.3) is 11.5 Å². The fourth-order valence-electron chi connectivity index (χ4n) is 3.38. The molecule has 0 aliphatic carbocycles. The topological polar surface area (TPSA) is 115 Å². The van der Waals surface area contributed by atoms with Gasteiger partial charge in [-0.05, 0) is 25.8 Å². The zero-order chi connectivity index (χ0) is 19.5. The lowest BCUT2D eigenvalue weighted by molar-refractivity contribution is 0.338. The van der Waals surface area contributed by atoms with Crippen molar-refractivity contribution in [1.82, 2.24) is 34.9 Å². The fourth-order valence-corrected chi connectivity index (χ4v) is 3.38. The molecule has 1 N–H and O–H groups in total. The average Bonchev–Trinajstić information content (AvgIpc) is 3.28. The molecule has 4 rings (SSSR count). The van der Waals surface area contributed by atoms with Gasteiger partial charge in [0.05, 0.1) is 14.2 Å². The summed E-state index contributed by atoms with van der Waals surface area (Å²) < 4.78 is 10.3. The molecule has 0 saturated carbocycles. The maximum Gasteiger partial charge on any atom is 0.324 e. The molecule has 146 valence electrons. The quantitative estimate of drug-likeness (QED) is 0.704. The minimum Gasteiger partial charge on any atom is -0.467 e. The van der Waals surface area contributed by atoms with E-state index in [-0.39, 0.29) is 17.9 Å². The highest BCUT2D eigenvalue weighted by Crippen LogP contribution is 2.30. The van der Waals surface area contributed by atoms with Crippen LogP contribution in [0.3, 0.4) is 0 Å². The van der Waals surface area contributed by atoms with Crippen LogP contribution in [0.15, 0.2) is 18.5 Å². The van der Waals surface area contributed by atoms with Crippen molar-refractivity contribution in [2.24, 2.45) is 0 Å². The number of aromatic amines is 1. The molecule has 0 amide bonds. The normalized spacial score (nSPS) is 16.8. The van der Waals surface area contributed by atoms with Crippen LogP contribution >= 0.6 is 0 Å². The molecule has 0 aromatic carbocycles. The van der Waals surface area contributed by atoms with Gasteiger partial charge in [0.1, 0.15) is 11.5 Å². The number of anilines is 1. The minimum atomic E-state index is 0.234. The maximum atomic E-state index is 5.17. The third kappa shape index (κ3) is 3.71. The summed E-state index contributed by atoms with van der Waals surface area (Å²) >= 11 is 0. The van der Waals surface area contributed by atoms with Crippen molar-refractivity contribution in [3.8, 4) is 23.5 Å². The standard InChI is InChI=1S/C18H22N8O2/c1-11-21-13(9-14(22-11)15-19-6-7-20-15)12-5-4-8-26(10-12)16-23-17(27-2)25-18(24-16)28-3/h6-7,9,12H,4-5,8,10H2,1-3H3,(H,19,20). The molecule has 0 spiro atoms. The van der Waals surface area contributed by atoms with Crippen molar-refractivity contribution in [1.29, 1.82) is 0 Å². The summed E-state index contributed by atoms with van der Waals surface area (Å²) in [6.45, 7) is 3.49. The second-order valence-corrected chi connectivity index (χ2v) is 6.56. The fraction of sp³-hybridized carbons (Fsp3) is 0.444. The van der Waals surface area contributed by atoms with Crippen LogP contribution in [-0.2, 0) is 0 Å². The van der Waals surface area contributed by atoms with Gasteiger partial charge in [-0.25, -0.2) is 15.0 Å². The molecule has 1 aliphatic heterocycles. The second kappa shape index (κ2) is 7.75. The van der Waals surface area contributed by atoms with Crippen molar-refractivity contribution in [2.75, 3.05) is 32.2 Å². The SMILES string of the molecule is COc1nc(OC)nc(N2CCCC(c3cc(-c4ncc[nH]4)nc(C)n3)C2)n1. The predicted octanol–water partition coefficient (Wildman–Crippen LogP) is 1.76. The summed E-state index contributed by atoms with van der Waals surface area (Å²) in [4.78, 5) is 31.5. The number of piperidine rings is 1. The van der Waals surface area contributed by atoms with Gasteiger partial charge in [0, 0.05) is 37.1 Å². The molecule has 1 atom stereocenters. The highest BCUT2D eigenvalue weighted by molar-refractivity contribution is 5.50. The number of aryl methyl sites for hydroxylation is 1. The molecule has 0 bridgehead atoms. The Kier molecular flexibility index (Phi) is 5.00. The number of rotatable bonds is 5. The molecule has 28 heavy (non-hydrogen) atoms. The van der Waals surface area contributed by atoms with Crippen LogP contribution < -0.4 is 14.4 Å². The van der Waals surface area contributed by atoms with Gasteiger partial charge in [-0.1, -0.05) is 0 Å². The van der Waals surface area contributed by atoms with E-state index in [1.165, 1.54) is 14.2 Å². The number of imidazole rings is 1. The van der Waals surface area contributed by atoms with E-state index in [1.807, 2.05) is 13.0 Å². The van der Waals surface area contributed by atoms with Gasteiger partial charge < -0.3 is 19.4 Å². The number of aromatic nitrogens is 7. The molecule has 4 heterocycles. The second-order valence-electron chi connectivity index (χ2n) is 6.56. The van der Waals surface area contributed by atoms with Gasteiger partial charge in [0.15, 0.2) is 5.82 Å². The first kappa shape index (κ1) is 18.1. The van der Waals surface area contributed by atoms with E-state index in [4.69, 9.17) is 9.47 Å². The number of hydrogen-bond donors (Lipinski definition) is 1. The molecule has 0 radical (unpaired) electrons. The number of nitrogens with zero attached hydrogens (tertiary/aromatic N) is 7. The predicted molar refractivity (Wildman–Crippen MR) is 101 cm³/mol. The zero-order valence-corrected chi connectivity index (χ0v) is 16.1. The first-order valence-electron chi connectivity index (χ1n) is 9.10. The minimum absolute atomic E-state index is 0.234. The Morgan fingerprint density at radius 3 is 2.54 bits per heavy atom. The van der Waals surface area contributed by atoms with Crippen LogP contribution in [0.2, 0.25) is 0 Å². The Morgan fingerprint density at radius 1 is 1.07 bits per heavy atom. The summed E-state index contributed by atoms with van der Waals surface area (Å²) in [6.07, 6.45) is 5.54. The summed E-state index contributed by atoms with van der Waals surface area (Å²) in [7, 11) is 3.05. The molecular weight excluding hydrogens is 360 g/mol. The molecule has 1 aliphatic rings. The summed E-state index contributed by atoms with van der Waals surface area (Å²) in [5.41, 5.74) is 1.80. The third-order valence-corrected chi connectivity index (χ3v) is 4.67. The Bertz CT molecular complexity index is 925. The van der Waals surface area contributed by atoms with E-state index in [9.17, 15) is 0 Å². The number of H-pyrrole nitrogens is 1. The van der Waals surface area contributed by atoms with E-state index in [1.54, 1.807) is 12.4 Å². The van der Waals surface area contributed by atoms with Crippen LogP contribution in [0.5, 0.6) is 12.0 Å². The third-order valence-electron chi connectivity index (χ3n) is 4.67. The zero-order valence-electron chi connectivity index (χ0n) is 16.1. The van der Waals surface area contributed by atoms with Crippen molar-refractivity contribution < 1.29 is 9.47 Å². The largest absolute Gasteiger partial charge is 0.467 e. The van der Waals surface area contributed by atoms with E-state index < -0.39 is 0 Å². The van der Waals surface area contributed by atoms with Crippen LogP contribution in [-0.4, -0.2) is 62.2 Å². The highest BCUT2D eigenvalue weighted by atomic mass is 16.5. The van der Waals surface area contributed by atoms with Crippen LogP contribution in [0.1, 0.15) is 30.3 Å². The molecule has 1 saturated heterocycles. The molecule has 3 aromatic rings. The van der Waals surface area contributed by atoms with Gasteiger partial charge in [-0.2, -0.15) is 9.97 Å². The van der Waals surface area contributed by atoms with Gasteiger partial charge in [0.25, 0.3) is 0 Å². The van der Waals surface area contributed by atoms with Crippen LogP contribution in [0, 0.1) is 6.92 Å². The van der Waals surface area contributed by atoms with Crippen molar-refractivity contribution in [2.45, 2.75) is 25.7 Å². The lowest BCUT2D eigenvalue weighted by Gasteiger charge is -2.32. The first-order valence-corrected chi connectivity index (χ1v) is 9.10. The molecular formula is C18H22N8O2. The number of methoxy groups -OCH3 is 2. The summed E-state index contributed by atoms with van der Waals surface area (Å²) in [5, 5.41) is 0. The Balaban J connectivity index is 1.61. The van der Waals surface area contributed by atoms with Crippen LogP contribution in [0.4, 0.5) is 5.95 Å². The maximum absolute atomic E-state index is 5.17. The summed E-state index contributed by atoms with van der Waals surface area (Å²) in [5.74, 6) is 2.25. The van der Waals surface area contributed by atoms with E-state index in [0.717, 1.165) is 49.0 Å². The van der Waals surface area contributed by atoms with Gasteiger partial charge in [0.2, 0.25) is 5.95 Å². The lowest BCUT2D eigenvalue weighted by Crippen LogP contribution is -2.36. The Labute approximate surface area is 162 Å². The smallest absolute Gasteiger partial charge is 0.324 e. The van der Waals surface area contributed by atoms with Crippen molar-refractivity contribution in [3.05, 3.63) is 30.0 Å². The molecule has 10 heteroatoms. The Morgan fingerprint density at radius 2 is 1.86 bits per heavy atom. The number of nitrogens with one attached hydrogen (secondary N) is 1. The van der Waals surface area contributed by atoms with Gasteiger partial charge >= 0.3 is 12.0 Å². The van der Waals surface area contributed by atoms with E-state index in [0.29, 0.717) is 5.95 Å². The van der Waals surface area contributed by atoms with E-state index in [2.05, 4.69) is 39.8 Å².